The Morgan fingerprint density at radius 2 is 2.17 bits per heavy atom. The number of hydrogen-bond donors (Lipinski definition) is 2. The zero-order valence-corrected chi connectivity index (χ0v) is 14.0. The van der Waals surface area contributed by atoms with Crippen LogP contribution in [0.4, 0.5) is 5.82 Å². The number of sulfonamides is 1. The van der Waals surface area contributed by atoms with Crippen LogP contribution in [0.1, 0.15) is 9.67 Å². The molecular formula is C13H10ClN3O4S2. The summed E-state index contributed by atoms with van der Waals surface area (Å²) in [5.74, 6) is -0.962. The van der Waals surface area contributed by atoms with Crippen LogP contribution >= 0.6 is 22.9 Å². The van der Waals surface area contributed by atoms with Gasteiger partial charge in [0, 0.05) is 13.2 Å². The number of carbonyl (C=O) groups is 1. The lowest BCUT2D eigenvalue weighted by molar-refractivity contribution is 0.100. The molecule has 0 aliphatic carbocycles. The first-order valence-corrected chi connectivity index (χ1v) is 8.90. The molecule has 0 saturated heterocycles. The van der Waals surface area contributed by atoms with E-state index in [1.165, 1.54) is 19.3 Å². The molecule has 0 unspecified atom stereocenters. The number of anilines is 1. The molecule has 1 aliphatic rings. The number of fused-ring (bicyclic) bond motifs is 1. The zero-order valence-electron chi connectivity index (χ0n) is 11.6. The van der Waals surface area contributed by atoms with Crippen LogP contribution in [0, 0.1) is 0 Å². The Morgan fingerprint density at radius 1 is 1.43 bits per heavy atom. The Morgan fingerprint density at radius 3 is 2.83 bits per heavy atom. The average molecular weight is 372 g/mol. The summed E-state index contributed by atoms with van der Waals surface area (Å²) in [6.45, 7) is 0. The van der Waals surface area contributed by atoms with Gasteiger partial charge in [-0.25, -0.2) is 13.4 Å². The Bertz CT molecular complexity index is 922. The predicted molar refractivity (Wildman–Crippen MR) is 86.1 cm³/mol. The number of nitrogens with zero attached hydrogens (tertiary/aromatic N) is 2. The number of thiophene rings is 1. The monoisotopic (exact) mass is 371 g/mol. The number of rotatable bonds is 2. The van der Waals surface area contributed by atoms with Gasteiger partial charge in [-0.3, -0.25) is 9.10 Å². The molecule has 0 radical (unpaired) electrons. The highest BCUT2D eigenvalue weighted by Gasteiger charge is 2.41. The van der Waals surface area contributed by atoms with Crippen molar-refractivity contribution in [2.75, 3.05) is 12.4 Å². The maximum absolute atomic E-state index is 12.5. The van der Waals surface area contributed by atoms with Gasteiger partial charge in [-0.1, -0.05) is 17.7 Å². The number of aromatic nitrogens is 1. The largest absolute Gasteiger partial charge is 0.493 e. The van der Waals surface area contributed by atoms with Crippen molar-refractivity contribution >= 4 is 44.6 Å². The van der Waals surface area contributed by atoms with E-state index in [9.17, 15) is 18.3 Å². The Kier molecular flexibility index (Phi) is 3.78. The van der Waals surface area contributed by atoms with E-state index >= 15 is 0 Å². The standard InChI is InChI=1S/C13H10ClN3O4S2/c1-17-10(13(19)16-9-4-2-3-5-15-9)11(18)12-7(23(17,20)21)6-8(14)22-12/h2-6,19H,1H3,(H,15,16)/b13-10-. The van der Waals surface area contributed by atoms with Crippen LogP contribution in [0.3, 0.4) is 0 Å². The highest BCUT2D eigenvalue weighted by atomic mass is 35.5. The molecular weight excluding hydrogens is 362 g/mol. The second kappa shape index (κ2) is 5.52. The van der Waals surface area contributed by atoms with Crippen molar-refractivity contribution in [2.45, 2.75) is 4.90 Å². The van der Waals surface area contributed by atoms with Gasteiger partial charge in [0.2, 0.25) is 11.7 Å². The van der Waals surface area contributed by atoms with Crippen LogP contribution in [0.15, 0.2) is 46.9 Å². The van der Waals surface area contributed by atoms with Crippen LogP contribution in [-0.2, 0) is 10.0 Å². The number of halogens is 1. The van der Waals surface area contributed by atoms with E-state index in [0.717, 1.165) is 15.6 Å². The first-order chi connectivity index (χ1) is 10.8. The van der Waals surface area contributed by atoms with E-state index < -0.39 is 21.7 Å². The van der Waals surface area contributed by atoms with Crippen molar-refractivity contribution in [3.05, 3.63) is 51.3 Å². The minimum atomic E-state index is -3.96. The molecule has 120 valence electrons. The molecule has 7 nitrogen and oxygen atoms in total. The minimum absolute atomic E-state index is 0.0301. The van der Waals surface area contributed by atoms with Crippen molar-refractivity contribution in [3.63, 3.8) is 0 Å². The molecule has 2 aromatic rings. The fraction of sp³-hybridized carbons (Fsp3) is 0.0769. The summed E-state index contributed by atoms with van der Waals surface area (Å²) in [6, 6.07) is 6.14. The second-order valence-electron chi connectivity index (χ2n) is 4.58. The molecule has 0 aromatic carbocycles. The van der Waals surface area contributed by atoms with E-state index in [2.05, 4.69) is 10.3 Å². The number of ketones is 1. The van der Waals surface area contributed by atoms with Crippen LogP contribution in [-0.4, -0.2) is 35.6 Å². The van der Waals surface area contributed by atoms with E-state index in [1.807, 2.05) is 0 Å². The first kappa shape index (κ1) is 15.8. The molecule has 0 amide bonds. The van der Waals surface area contributed by atoms with Gasteiger partial charge in [0.25, 0.3) is 10.0 Å². The van der Waals surface area contributed by atoms with Gasteiger partial charge in [-0.15, -0.1) is 11.3 Å². The molecule has 1 aliphatic heterocycles. The smallest absolute Gasteiger partial charge is 0.266 e. The van der Waals surface area contributed by atoms with Crippen molar-refractivity contribution in [3.8, 4) is 0 Å². The van der Waals surface area contributed by atoms with Crippen LogP contribution in [0.25, 0.3) is 0 Å². The number of aliphatic hydroxyl groups excluding tert-OH is 1. The molecule has 3 rings (SSSR count). The zero-order chi connectivity index (χ0) is 16.8. The van der Waals surface area contributed by atoms with Gasteiger partial charge in [0.05, 0.1) is 9.21 Å². The molecule has 0 saturated carbocycles. The maximum Gasteiger partial charge on any atom is 0.266 e. The summed E-state index contributed by atoms with van der Waals surface area (Å²) in [5, 5.41) is 12.7. The van der Waals surface area contributed by atoms with Gasteiger partial charge < -0.3 is 10.4 Å². The highest BCUT2D eigenvalue weighted by molar-refractivity contribution is 7.89. The molecule has 0 fully saturated rings. The Balaban J connectivity index is 2.13. The highest BCUT2D eigenvalue weighted by Crippen LogP contribution is 2.39. The molecule has 0 atom stereocenters. The fourth-order valence-corrected chi connectivity index (χ4v) is 5.03. The topological polar surface area (TPSA) is 99.6 Å². The van der Waals surface area contributed by atoms with E-state index in [4.69, 9.17) is 11.6 Å². The van der Waals surface area contributed by atoms with E-state index in [0.29, 0.717) is 0 Å². The predicted octanol–water partition coefficient (Wildman–Crippen LogP) is 2.45. The molecule has 23 heavy (non-hydrogen) atoms. The average Bonchev–Trinajstić information content (AvgIpc) is 2.90. The van der Waals surface area contributed by atoms with E-state index in [-0.39, 0.29) is 25.6 Å². The van der Waals surface area contributed by atoms with Gasteiger partial charge in [0.15, 0.2) is 5.70 Å². The minimum Gasteiger partial charge on any atom is -0.493 e. The van der Waals surface area contributed by atoms with Gasteiger partial charge in [-0.05, 0) is 18.2 Å². The molecule has 2 aromatic heterocycles. The summed E-state index contributed by atoms with van der Waals surface area (Å²) in [7, 11) is -2.77. The second-order valence-corrected chi connectivity index (χ2v) is 8.20. The lowest BCUT2D eigenvalue weighted by Gasteiger charge is -2.26. The number of aliphatic hydroxyl groups is 1. The number of nitrogens with one attached hydrogen (secondary N) is 1. The van der Waals surface area contributed by atoms with Crippen LogP contribution in [0.2, 0.25) is 4.34 Å². The van der Waals surface area contributed by atoms with Crippen molar-refractivity contribution in [1.82, 2.24) is 9.29 Å². The van der Waals surface area contributed by atoms with Crippen molar-refractivity contribution < 1.29 is 18.3 Å². The third-order valence-electron chi connectivity index (χ3n) is 3.18. The molecule has 2 N–H and O–H groups in total. The van der Waals surface area contributed by atoms with Crippen molar-refractivity contribution in [1.29, 1.82) is 0 Å². The molecule has 10 heteroatoms. The van der Waals surface area contributed by atoms with Crippen LogP contribution < -0.4 is 5.32 Å². The van der Waals surface area contributed by atoms with E-state index in [1.54, 1.807) is 18.2 Å². The number of carbonyl (C=O) groups excluding carboxylic acids is 1. The Hall–Kier alpha value is -2.10. The Labute approximate surface area is 140 Å². The SMILES string of the molecule is CN1/C(=C(\O)Nc2ccccn2)C(=O)c2sc(Cl)cc2S1(=O)=O. The number of Topliss-reactive ketones (excluding diaryl/α,β-unsaturated/α-hetero) is 1. The fourth-order valence-electron chi connectivity index (χ4n) is 2.09. The lowest BCUT2D eigenvalue weighted by atomic mass is 10.2. The van der Waals surface area contributed by atoms with Gasteiger partial charge in [-0.2, -0.15) is 0 Å². The number of likely N-dealkylation sites (N-methyl/N-ethyl adjacent to an activating group) is 1. The summed E-state index contributed by atoms with van der Waals surface area (Å²) in [5.41, 5.74) is -0.387. The summed E-state index contributed by atoms with van der Waals surface area (Å²) >= 11 is 6.68. The molecule has 0 spiro atoms. The summed E-state index contributed by atoms with van der Waals surface area (Å²) < 4.78 is 25.8. The quantitative estimate of drug-likeness (QED) is 0.621. The molecule has 3 heterocycles. The number of pyridine rings is 1. The lowest BCUT2D eigenvalue weighted by Crippen LogP contribution is -2.37. The first-order valence-electron chi connectivity index (χ1n) is 6.26. The molecule has 0 bridgehead atoms. The normalized spacial score (nSPS) is 18.5. The van der Waals surface area contributed by atoms with Crippen molar-refractivity contribution in [2.24, 2.45) is 0 Å². The summed E-state index contributed by atoms with van der Waals surface area (Å²) in [6.07, 6.45) is 1.49. The maximum atomic E-state index is 12.5. The summed E-state index contributed by atoms with van der Waals surface area (Å²) in [4.78, 5) is 16.3. The third kappa shape index (κ3) is 2.56. The van der Waals surface area contributed by atoms with Gasteiger partial charge >= 0.3 is 0 Å². The van der Waals surface area contributed by atoms with Crippen LogP contribution in [0.5, 0.6) is 0 Å². The number of allylic oxidation sites excluding steroid dienone is 1. The number of hydrogen-bond acceptors (Lipinski definition) is 7. The third-order valence-corrected chi connectivity index (χ3v) is 6.35. The van der Waals surface area contributed by atoms with Gasteiger partial charge in [0.1, 0.15) is 10.7 Å².